The van der Waals surface area contributed by atoms with Crippen molar-refractivity contribution in [3.8, 4) is 0 Å². The largest absolute Gasteiger partial charge is 0.378 e. The molecule has 3 unspecified atom stereocenters. The first kappa shape index (κ1) is 16.0. The molecule has 1 aromatic rings. The van der Waals surface area contributed by atoms with Gasteiger partial charge < -0.3 is 15.4 Å². The minimum absolute atomic E-state index is 0.0309. The molecule has 4 heteroatoms. The third kappa shape index (κ3) is 2.97. The zero-order valence-electron chi connectivity index (χ0n) is 13.4. The molecule has 0 saturated heterocycles. The molecular weight excluding hydrogens is 264 g/mol. The number of nitrogens with zero attached hydrogens (tertiary/aromatic N) is 1. The summed E-state index contributed by atoms with van der Waals surface area (Å²) >= 11 is 0. The van der Waals surface area contributed by atoms with Crippen molar-refractivity contribution >= 4 is 5.91 Å². The Bertz CT molecular complexity index is 487. The number of carbonyl (C=O) groups is 1. The number of amides is 1. The molecule has 0 aliphatic heterocycles. The Kier molecular flexibility index (Phi) is 4.69. The van der Waals surface area contributed by atoms with E-state index in [2.05, 4.69) is 13.8 Å². The minimum atomic E-state index is -0.599. The first-order valence-corrected chi connectivity index (χ1v) is 7.58. The highest BCUT2D eigenvalue weighted by atomic mass is 16.5. The molecule has 2 N–H and O–H groups in total. The normalized spacial score (nSPS) is 25.0. The maximum absolute atomic E-state index is 12.6. The number of carbonyl (C=O) groups excluding carboxylic acids is 1. The smallest absolute Gasteiger partial charge is 0.244 e. The maximum atomic E-state index is 12.6. The van der Waals surface area contributed by atoms with Crippen LogP contribution in [0.2, 0.25) is 0 Å². The highest BCUT2D eigenvalue weighted by molar-refractivity contribution is 5.83. The zero-order chi connectivity index (χ0) is 15.6. The summed E-state index contributed by atoms with van der Waals surface area (Å²) in [7, 11) is 1.85. The molecule has 1 fully saturated rings. The van der Waals surface area contributed by atoms with Crippen LogP contribution < -0.4 is 5.73 Å². The van der Waals surface area contributed by atoms with E-state index < -0.39 is 6.04 Å². The molecule has 21 heavy (non-hydrogen) atoms. The summed E-state index contributed by atoms with van der Waals surface area (Å²) in [6.07, 6.45) is 1.10. The van der Waals surface area contributed by atoms with E-state index in [1.54, 1.807) is 4.90 Å². The molecule has 0 heterocycles. The summed E-state index contributed by atoms with van der Waals surface area (Å²) in [4.78, 5) is 14.4. The number of benzene rings is 1. The van der Waals surface area contributed by atoms with Gasteiger partial charge in [-0.15, -0.1) is 0 Å². The third-order valence-electron chi connectivity index (χ3n) is 4.73. The van der Waals surface area contributed by atoms with Crippen LogP contribution in [-0.4, -0.2) is 36.6 Å². The predicted octanol–water partition coefficient (Wildman–Crippen LogP) is 2.35. The fraction of sp³-hybridized carbons (Fsp3) is 0.588. The van der Waals surface area contributed by atoms with Gasteiger partial charge >= 0.3 is 0 Å². The average molecular weight is 290 g/mol. The summed E-state index contributed by atoms with van der Waals surface area (Å²) in [5.74, 6) is -0.0331. The molecule has 3 atom stereocenters. The van der Waals surface area contributed by atoms with Crippen LogP contribution in [0.3, 0.4) is 0 Å². The van der Waals surface area contributed by atoms with Crippen molar-refractivity contribution in [1.29, 1.82) is 0 Å². The lowest BCUT2D eigenvalue weighted by Crippen LogP contribution is -2.63. The van der Waals surface area contributed by atoms with Crippen LogP contribution >= 0.6 is 0 Å². The van der Waals surface area contributed by atoms with Gasteiger partial charge in [-0.25, -0.2) is 0 Å². The molecule has 1 aliphatic rings. The average Bonchev–Trinajstić information content (AvgIpc) is 2.49. The maximum Gasteiger partial charge on any atom is 0.244 e. The highest BCUT2D eigenvalue weighted by Gasteiger charge is 2.52. The molecule has 1 aliphatic carbocycles. The van der Waals surface area contributed by atoms with Crippen LogP contribution in [0.1, 0.15) is 38.8 Å². The molecule has 4 nitrogen and oxygen atoms in total. The number of rotatable bonds is 5. The van der Waals surface area contributed by atoms with E-state index in [-0.39, 0.29) is 23.5 Å². The quantitative estimate of drug-likeness (QED) is 0.905. The lowest BCUT2D eigenvalue weighted by Gasteiger charge is -2.55. The van der Waals surface area contributed by atoms with Crippen LogP contribution in [0, 0.1) is 5.41 Å². The van der Waals surface area contributed by atoms with Gasteiger partial charge in [0.2, 0.25) is 5.91 Å². The van der Waals surface area contributed by atoms with Crippen LogP contribution in [0.5, 0.6) is 0 Å². The molecule has 2 rings (SSSR count). The fourth-order valence-corrected chi connectivity index (χ4v) is 3.18. The molecule has 1 aromatic carbocycles. The first-order chi connectivity index (χ1) is 9.89. The molecule has 1 amide bonds. The Balaban J connectivity index is 2.04. The van der Waals surface area contributed by atoms with Crippen molar-refractivity contribution in [1.82, 2.24) is 4.90 Å². The second-order valence-electron chi connectivity index (χ2n) is 6.35. The Hall–Kier alpha value is -1.39. The fourth-order valence-electron chi connectivity index (χ4n) is 3.18. The molecule has 0 radical (unpaired) electrons. The third-order valence-corrected chi connectivity index (χ3v) is 4.73. The first-order valence-electron chi connectivity index (χ1n) is 7.58. The number of ether oxygens (including phenoxy) is 1. The standard InChI is InChI=1S/C17H26N2O2/c1-5-21-14-11-13(17(14,2)3)19(4)16(20)15(18)12-9-7-6-8-10-12/h6-10,13-15H,5,11,18H2,1-4H3. The lowest BCUT2D eigenvalue weighted by atomic mass is 9.63. The van der Waals surface area contributed by atoms with Crippen molar-refractivity contribution in [3.05, 3.63) is 35.9 Å². The van der Waals surface area contributed by atoms with E-state index >= 15 is 0 Å². The van der Waals surface area contributed by atoms with E-state index in [9.17, 15) is 4.79 Å². The Morgan fingerprint density at radius 3 is 2.57 bits per heavy atom. The second-order valence-corrected chi connectivity index (χ2v) is 6.35. The monoisotopic (exact) mass is 290 g/mol. The Morgan fingerprint density at radius 1 is 1.43 bits per heavy atom. The van der Waals surface area contributed by atoms with Gasteiger partial charge in [-0.2, -0.15) is 0 Å². The highest BCUT2D eigenvalue weighted by Crippen LogP contribution is 2.45. The van der Waals surface area contributed by atoms with Crippen molar-refractivity contribution in [3.63, 3.8) is 0 Å². The van der Waals surface area contributed by atoms with E-state index in [0.717, 1.165) is 12.0 Å². The van der Waals surface area contributed by atoms with E-state index in [4.69, 9.17) is 10.5 Å². The van der Waals surface area contributed by atoms with Crippen molar-refractivity contribution in [2.45, 2.75) is 45.4 Å². The Morgan fingerprint density at radius 2 is 2.05 bits per heavy atom. The summed E-state index contributed by atoms with van der Waals surface area (Å²) in [5.41, 5.74) is 6.94. The van der Waals surface area contributed by atoms with Gasteiger partial charge in [-0.05, 0) is 18.9 Å². The van der Waals surface area contributed by atoms with E-state index in [1.165, 1.54) is 0 Å². The van der Waals surface area contributed by atoms with Gasteiger partial charge in [0.05, 0.1) is 6.10 Å². The van der Waals surface area contributed by atoms with E-state index in [1.807, 2.05) is 44.3 Å². The lowest BCUT2D eigenvalue weighted by molar-refractivity contribution is -0.164. The van der Waals surface area contributed by atoms with Gasteiger partial charge in [0.15, 0.2) is 0 Å². The van der Waals surface area contributed by atoms with Crippen LogP contribution in [0.25, 0.3) is 0 Å². The van der Waals surface area contributed by atoms with Crippen molar-refractivity contribution in [2.75, 3.05) is 13.7 Å². The summed E-state index contributed by atoms with van der Waals surface area (Å²) in [6, 6.07) is 9.10. The molecular formula is C17H26N2O2. The molecule has 0 aromatic heterocycles. The van der Waals surface area contributed by atoms with Gasteiger partial charge in [0.25, 0.3) is 0 Å². The molecule has 1 saturated carbocycles. The van der Waals surface area contributed by atoms with Crippen LogP contribution in [-0.2, 0) is 9.53 Å². The SMILES string of the molecule is CCOC1CC(N(C)C(=O)C(N)c2ccccc2)C1(C)C. The van der Waals surface area contributed by atoms with Crippen LogP contribution in [0.15, 0.2) is 30.3 Å². The van der Waals surface area contributed by atoms with Gasteiger partial charge in [-0.3, -0.25) is 4.79 Å². The zero-order valence-corrected chi connectivity index (χ0v) is 13.4. The summed E-state index contributed by atoms with van der Waals surface area (Å²) in [6.45, 7) is 7.02. The van der Waals surface area contributed by atoms with Crippen molar-refractivity contribution < 1.29 is 9.53 Å². The van der Waals surface area contributed by atoms with Crippen molar-refractivity contribution in [2.24, 2.45) is 11.1 Å². The minimum Gasteiger partial charge on any atom is -0.378 e. The van der Waals surface area contributed by atoms with Gasteiger partial charge in [0.1, 0.15) is 6.04 Å². The Labute approximate surface area is 127 Å². The van der Waals surface area contributed by atoms with Crippen LogP contribution in [0.4, 0.5) is 0 Å². The molecule has 116 valence electrons. The van der Waals surface area contributed by atoms with E-state index in [0.29, 0.717) is 6.61 Å². The van der Waals surface area contributed by atoms with Gasteiger partial charge in [-0.1, -0.05) is 44.2 Å². The van der Waals surface area contributed by atoms with Gasteiger partial charge in [0, 0.05) is 25.1 Å². The number of hydrogen-bond donors (Lipinski definition) is 1. The summed E-state index contributed by atoms with van der Waals surface area (Å²) in [5, 5.41) is 0. The second kappa shape index (κ2) is 6.16. The number of nitrogens with two attached hydrogens (primary N) is 1. The number of likely N-dealkylation sites (N-methyl/N-ethyl adjacent to an activating group) is 1. The number of hydrogen-bond acceptors (Lipinski definition) is 3. The summed E-state index contributed by atoms with van der Waals surface area (Å²) < 4.78 is 5.73. The topological polar surface area (TPSA) is 55.6 Å². The molecule has 0 spiro atoms. The predicted molar refractivity (Wildman–Crippen MR) is 83.7 cm³/mol. The molecule has 0 bridgehead atoms.